The highest BCUT2D eigenvalue weighted by atomic mass is 16.4. The number of aromatic carboxylic acids is 4. The molecule has 0 aliphatic heterocycles. The molecule has 0 saturated carbocycles. The second-order valence-corrected chi connectivity index (χ2v) is 6.67. The SMILES string of the molecule is O=C(O)c1ccc(C(=O)O)c2ccccc12.O=C(O)c1ccc2c(C(=O)O)cccc2c1. The van der Waals surface area contributed by atoms with Crippen molar-refractivity contribution < 1.29 is 39.6 Å². The van der Waals surface area contributed by atoms with Gasteiger partial charge in [0.2, 0.25) is 0 Å². The molecule has 4 aromatic carbocycles. The Balaban J connectivity index is 0.000000181. The summed E-state index contributed by atoms with van der Waals surface area (Å²) in [5.74, 6) is -4.17. The monoisotopic (exact) mass is 432 g/mol. The number of carboxylic acids is 4. The first kappa shape index (κ1) is 22.0. The van der Waals surface area contributed by atoms with E-state index in [-0.39, 0.29) is 22.3 Å². The third-order valence-electron chi connectivity index (χ3n) is 4.74. The van der Waals surface area contributed by atoms with Gasteiger partial charge in [-0.25, -0.2) is 19.2 Å². The summed E-state index contributed by atoms with van der Waals surface area (Å²) < 4.78 is 0. The first-order valence-corrected chi connectivity index (χ1v) is 9.18. The second-order valence-electron chi connectivity index (χ2n) is 6.67. The van der Waals surface area contributed by atoms with Crippen LogP contribution in [0.4, 0.5) is 0 Å². The fourth-order valence-corrected chi connectivity index (χ4v) is 3.28. The van der Waals surface area contributed by atoms with Gasteiger partial charge in [0.05, 0.1) is 22.3 Å². The molecule has 0 fully saturated rings. The number of hydrogen-bond acceptors (Lipinski definition) is 4. The Morgan fingerprint density at radius 3 is 1.44 bits per heavy atom. The van der Waals surface area contributed by atoms with E-state index in [1.165, 1.54) is 36.4 Å². The topological polar surface area (TPSA) is 149 Å². The predicted molar refractivity (Wildman–Crippen MR) is 116 cm³/mol. The van der Waals surface area contributed by atoms with Crippen LogP contribution >= 0.6 is 0 Å². The van der Waals surface area contributed by atoms with Crippen molar-refractivity contribution in [1.29, 1.82) is 0 Å². The van der Waals surface area contributed by atoms with Crippen LogP contribution in [0.3, 0.4) is 0 Å². The third-order valence-corrected chi connectivity index (χ3v) is 4.74. The summed E-state index contributed by atoms with van der Waals surface area (Å²) in [5, 5.41) is 37.7. The zero-order valence-electron chi connectivity index (χ0n) is 16.4. The summed E-state index contributed by atoms with van der Waals surface area (Å²) in [6, 6.07) is 18.3. The highest BCUT2D eigenvalue weighted by molar-refractivity contribution is 6.11. The molecule has 4 rings (SSSR count). The summed E-state index contributed by atoms with van der Waals surface area (Å²) in [5.41, 5.74) is 0.547. The standard InChI is InChI=1S/2C12H8O4/c13-11(14)8-4-5-9-7(6-8)2-1-3-10(9)12(15)16;13-11(14)9-5-6-10(12(15)16)8-4-2-1-3-7(8)9/h2*1-6H,(H,13,14)(H,15,16). The minimum atomic E-state index is -1.06. The van der Waals surface area contributed by atoms with Gasteiger partial charge in [-0.2, -0.15) is 0 Å². The van der Waals surface area contributed by atoms with E-state index in [0.717, 1.165) is 0 Å². The van der Waals surface area contributed by atoms with E-state index in [2.05, 4.69) is 0 Å². The molecule has 0 aromatic heterocycles. The van der Waals surface area contributed by atoms with E-state index in [1.807, 2.05) is 0 Å². The highest BCUT2D eigenvalue weighted by Gasteiger charge is 2.14. The quantitative estimate of drug-likeness (QED) is 0.369. The maximum Gasteiger partial charge on any atom is 0.336 e. The van der Waals surface area contributed by atoms with Gasteiger partial charge >= 0.3 is 23.9 Å². The first-order valence-electron chi connectivity index (χ1n) is 9.18. The van der Waals surface area contributed by atoms with Crippen molar-refractivity contribution >= 4 is 45.4 Å². The van der Waals surface area contributed by atoms with Crippen molar-refractivity contribution in [1.82, 2.24) is 0 Å². The van der Waals surface area contributed by atoms with Crippen LogP contribution in [0.25, 0.3) is 21.5 Å². The van der Waals surface area contributed by atoms with Crippen LogP contribution in [-0.4, -0.2) is 44.3 Å². The number of fused-ring (bicyclic) bond motifs is 2. The van der Waals surface area contributed by atoms with Gasteiger partial charge in [0.15, 0.2) is 0 Å². The molecule has 8 nitrogen and oxygen atoms in total. The maximum absolute atomic E-state index is 10.9. The van der Waals surface area contributed by atoms with Gasteiger partial charge in [0, 0.05) is 0 Å². The second kappa shape index (κ2) is 8.97. The molecular formula is C24H16O8. The minimum absolute atomic E-state index is 0.112. The molecule has 0 radical (unpaired) electrons. The average molecular weight is 432 g/mol. The number of carboxylic acid groups (broad SMARTS) is 4. The van der Waals surface area contributed by atoms with E-state index >= 15 is 0 Å². The van der Waals surface area contributed by atoms with Gasteiger partial charge in [0.1, 0.15) is 0 Å². The Hall–Kier alpha value is -4.72. The number of carbonyl (C=O) groups is 4. The summed E-state index contributed by atoms with van der Waals surface area (Å²) in [7, 11) is 0. The molecule has 4 N–H and O–H groups in total. The molecule has 0 atom stereocenters. The van der Waals surface area contributed by atoms with E-state index in [4.69, 9.17) is 20.4 Å². The van der Waals surface area contributed by atoms with Crippen LogP contribution < -0.4 is 0 Å². The van der Waals surface area contributed by atoms with E-state index in [0.29, 0.717) is 21.5 Å². The fourth-order valence-electron chi connectivity index (χ4n) is 3.28. The molecule has 0 bridgehead atoms. The number of hydrogen-bond donors (Lipinski definition) is 4. The van der Waals surface area contributed by atoms with Gasteiger partial charge in [-0.05, 0) is 51.9 Å². The van der Waals surface area contributed by atoms with Crippen molar-refractivity contribution in [3.8, 4) is 0 Å². The van der Waals surface area contributed by atoms with Gasteiger partial charge in [-0.3, -0.25) is 0 Å². The molecule has 0 saturated heterocycles. The van der Waals surface area contributed by atoms with E-state index in [9.17, 15) is 19.2 Å². The van der Waals surface area contributed by atoms with Gasteiger partial charge in [-0.1, -0.05) is 42.5 Å². The largest absolute Gasteiger partial charge is 0.478 e. The Morgan fingerprint density at radius 2 is 0.969 bits per heavy atom. The van der Waals surface area contributed by atoms with Crippen molar-refractivity contribution in [2.24, 2.45) is 0 Å². The Morgan fingerprint density at radius 1 is 0.469 bits per heavy atom. The molecular weight excluding hydrogens is 416 g/mol. The zero-order valence-corrected chi connectivity index (χ0v) is 16.4. The molecule has 0 aliphatic carbocycles. The Kier molecular flexibility index (Phi) is 6.16. The van der Waals surface area contributed by atoms with Crippen LogP contribution in [0.1, 0.15) is 41.4 Å². The zero-order chi connectivity index (χ0) is 23.4. The fraction of sp³-hybridized carbons (Fsp3) is 0. The lowest BCUT2D eigenvalue weighted by atomic mass is 10.00. The molecule has 8 heteroatoms. The molecule has 4 aromatic rings. The predicted octanol–water partition coefficient (Wildman–Crippen LogP) is 4.47. The smallest absolute Gasteiger partial charge is 0.336 e. The molecule has 0 heterocycles. The lowest BCUT2D eigenvalue weighted by molar-refractivity contribution is 0.0684. The molecule has 32 heavy (non-hydrogen) atoms. The number of benzene rings is 4. The number of rotatable bonds is 4. The third kappa shape index (κ3) is 4.39. The maximum atomic E-state index is 10.9. The lowest BCUT2D eigenvalue weighted by Crippen LogP contribution is -2.02. The van der Waals surface area contributed by atoms with E-state index in [1.54, 1.807) is 36.4 Å². The molecule has 0 unspecified atom stereocenters. The summed E-state index contributed by atoms with van der Waals surface area (Å²) in [6.07, 6.45) is 0. The van der Waals surface area contributed by atoms with Crippen LogP contribution in [0, 0.1) is 0 Å². The molecule has 160 valence electrons. The first-order chi connectivity index (χ1) is 15.2. The molecule has 0 aliphatic rings. The van der Waals surface area contributed by atoms with Gasteiger partial charge in [-0.15, -0.1) is 0 Å². The van der Waals surface area contributed by atoms with Crippen LogP contribution in [0.2, 0.25) is 0 Å². The van der Waals surface area contributed by atoms with E-state index < -0.39 is 23.9 Å². The van der Waals surface area contributed by atoms with Crippen molar-refractivity contribution in [2.75, 3.05) is 0 Å². The van der Waals surface area contributed by atoms with Crippen molar-refractivity contribution in [3.63, 3.8) is 0 Å². The van der Waals surface area contributed by atoms with Gasteiger partial charge in [0.25, 0.3) is 0 Å². The normalized spacial score (nSPS) is 10.2. The summed E-state index contributed by atoms with van der Waals surface area (Å²) >= 11 is 0. The summed E-state index contributed by atoms with van der Waals surface area (Å²) in [6.45, 7) is 0. The van der Waals surface area contributed by atoms with Crippen LogP contribution in [-0.2, 0) is 0 Å². The Labute approximate surface area is 180 Å². The minimum Gasteiger partial charge on any atom is -0.478 e. The van der Waals surface area contributed by atoms with Crippen molar-refractivity contribution in [2.45, 2.75) is 0 Å². The van der Waals surface area contributed by atoms with Crippen LogP contribution in [0.15, 0.2) is 72.8 Å². The summed E-state index contributed by atoms with van der Waals surface area (Å²) in [4.78, 5) is 43.6. The average Bonchev–Trinajstić information content (AvgIpc) is 2.77. The highest BCUT2D eigenvalue weighted by Crippen LogP contribution is 2.23. The van der Waals surface area contributed by atoms with Crippen molar-refractivity contribution in [3.05, 3.63) is 95.1 Å². The molecule has 0 spiro atoms. The lowest BCUT2D eigenvalue weighted by Gasteiger charge is -2.05. The van der Waals surface area contributed by atoms with Crippen LogP contribution in [0.5, 0.6) is 0 Å². The molecule has 0 amide bonds. The Bertz CT molecular complexity index is 1340. The van der Waals surface area contributed by atoms with Gasteiger partial charge < -0.3 is 20.4 Å².